The third kappa shape index (κ3) is 8.30. The standard InChI is InChI=1S/C25H26N4O6S2/c1-17(2)16-37(31,32)25-29-28-24(36-25)27-23(30)19(15-26)13-18-7-9-20(10-8-18)34-11-12-35-22-6-4-5-21(14-22)33-3/h4-10,13-14,17H,11-12,16H2,1-3H3,(H,27,28,30)/b19-13-. The van der Waals surface area contributed by atoms with Crippen LogP contribution < -0.4 is 19.5 Å². The summed E-state index contributed by atoms with van der Waals surface area (Å²) in [5.74, 6) is 1.10. The Morgan fingerprint density at radius 3 is 2.41 bits per heavy atom. The lowest BCUT2D eigenvalue weighted by molar-refractivity contribution is -0.112. The van der Waals surface area contributed by atoms with Crippen LogP contribution >= 0.6 is 11.3 Å². The van der Waals surface area contributed by atoms with E-state index in [-0.39, 0.29) is 26.7 Å². The van der Waals surface area contributed by atoms with Crippen molar-refractivity contribution < 1.29 is 27.4 Å². The molecule has 0 saturated heterocycles. The van der Waals surface area contributed by atoms with Crippen LogP contribution in [-0.4, -0.2) is 50.6 Å². The van der Waals surface area contributed by atoms with Crippen molar-refractivity contribution in [1.29, 1.82) is 5.26 Å². The van der Waals surface area contributed by atoms with Gasteiger partial charge in [0, 0.05) is 6.07 Å². The maximum absolute atomic E-state index is 12.5. The summed E-state index contributed by atoms with van der Waals surface area (Å²) in [5, 5.41) is 19.2. The number of benzene rings is 2. The number of sulfone groups is 1. The van der Waals surface area contributed by atoms with Crippen molar-refractivity contribution in [3.05, 3.63) is 59.7 Å². The molecular formula is C25H26N4O6S2. The smallest absolute Gasteiger partial charge is 0.268 e. The summed E-state index contributed by atoms with van der Waals surface area (Å²) in [6, 6.07) is 15.9. The lowest BCUT2D eigenvalue weighted by atomic mass is 10.1. The van der Waals surface area contributed by atoms with E-state index < -0.39 is 15.7 Å². The Morgan fingerprint density at radius 2 is 1.76 bits per heavy atom. The van der Waals surface area contributed by atoms with E-state index in [2.05, 4.69) is 15.5 Å². The van der Waals surface area contributed by atoms with E-state index >= 15 is 0 Å². The number of hydrogen-bond donors (Lipinski definition) is 1. The Balaban J connectivity index is 1.54. The number of ether oxygens (including phenoxy) is 3. The summed E-state index contributed by atoms with van der Waals surface area (Å²) in [5.41, 5.74) is 0.422. The number of hydrogen-bond acceptors (Lipinski definition) is 10. The average Bonchev–Trinajstić information content (AvgIpc) is 3.35. The molecule has 0 spiro atoms. The highest BCUT2D eigenvalue weighted by atomic mass is 32.2. The molecule has 3 aromatic rings. The zero-order valence-corrected chi connectivity index (χ0v) is 22.1. The normalized spacial score (nSPS) is 11.6. The first-order valence-corrected chi connectivity index (χ1v) is 13.7. The zero-order chi connectivity index (χ0) is 26.8. The van der Waals surface area contributed by atoms with Crippen LogP contribution in [0.3, 0.4) is 0 Å². The summed E-state index contributed by atoms with van der Waals surface area (Å²) in [6.45, 7) is 4.21. The van der Waals surface area contributed by atoms with Gasteiger partial charge in [0.1, 0.15) is 42.1 Å². The van der Waals surface area contributed by atoms with Crippen LogP contribution in [0.1, 0.15) is 19.4 Å². The molecule has 1 N–H and O–H groups in total. The van der Waals surface area contributed by atoms with Crippen molar-refractivity contribution >= 4 is 38.3 Å². The van der Waals surface area contributed by atoms with E-state index in [4.69, 9.17) is 14.2 Å². The number of nitriles is 1. The Labute approximate surface area is 219 Å². The second kappa shape index (κ2) is 12.8. The molecule has 10 nitrogen and oxygen atoms in total. The Kier molecular flexibility index (Phi) is 9.59. The molecule has 3 rings (SSSR count). The van der Waals surface area contributed by atoms with Crippen LogP contribution in [0.15, 0.2) is 58.4 Å². The molecule has 0 atom stereocenters. The van der Waals surface area contributed by atoms with Gasteiger partial charge in [0.15, 0.2) is 0 Å². The zero-order valence-electron chi connectivity index (χ0n) is 20.5. The van der Waals surface area contributed by atoms with E-state index in [1.807, 2.05) is 24.3 Å². The maximum atomic E-state index is 12.5. The van der Waals surface area contributed by atoms with Gasteiger partial charge in [-0.25, -0.2) is 8.42 Å². The van der Waals surface area contributed by atoms with Gasteiger partial charge in [-0.15, -0.1) is 10.2 Å². The number of rotatable bonds is 12. The highest BCUT2D eigenvalue weighted by Crippen LogP contribution is 2.23. The molecule has 37 heavy (non-hydrogen) atoms. The summed E-state index contributed by atoms with van der Waals surface area (Å²) >= 11 is 0.744. The molecule has 2 aromatic carbocycles. The van der Waals surface area contributed by atoms with Gasteiger partial charge in [0.05, 0.1) is 12.9 Å². The van der Waals surface area contributed by atoms with Gasteiger partial charge in [0.2, 0.25) is 19.3 Å². The molecule has 0 radical (unpaired) electrons. The second-order valence-electron chi connectivity index (χ2n) is 8.12. The number of anilines is 1. The molecule has 194 valence electrons. The number of nitrogens with zero attached hydrogens (tertiary/aromatic N) is 3. The number of aromatic nitrogens is 2. The van der Waals surface area contributed by atoms with E-state index in [1.54, 1.807) is 51.3 Å². The molecule has 0 bridgehead atoms. The van der Waals surface area contributed by atoms with Crippen molar-refractivity contribution in [2.45, 2.75) is 18.2 Å². The maximum Gasteiger partial charge on any atom is 0.268 e. The van der Waals surface area contributed by atoms with Gasteiger partial charge in [-0.2, -0.15) is 5.26 Å². The lowest BCUT2D eigenvalue weighted by Crippen LogP contribution is -2.13. The molecule has 0 fully saturated rings. The third-order valence-corrected chi connectivity index (χ3v) is 8.03. The molecule has 1 aromatic heterocycles. The first kappa shape index (κ1) is 27.6. The summed E-state index contributed by atoms with van der Waals surface area (Å²) in [4.78, 5) is 12.5. The summed E-state index contributed by atoms with van der Waals surface area (Å²) in [6.07, 6.45) is 1.41. The number of methoxy groups -OCH3 is 1. The fourth-order valence-electron chi connectivity index (χ4n) is 3.05. The van der Waals surface area contributed by atoms with Crippen LogP contribution in [0, 0.1) is 17.2 Å². The fourth-order valence-corrected chi connectivity index (χ4v) is 5.65. The fraction of sp³-hybridized carbons (Fsp3) is 0.280. The molecular weight excluding hydrogens is 516 g/mol. The number of carbonyl (C=O) groups excluding carboxylic acids is 1. The molecule has 1 amide bonds. The first-order valence-electron chi connectivity index (χ1n) is 11.2. The summed E-state index contributed by atoms with van der Waals surface area (Å²) < 4.78 is 40.8. The van der Waals surface area contributed by atoms with Gasteiger partial charge in [-0.05, 0) is 41.8 Å². The van der Waals surface area contributed by atoms with E-state index in [1.165, 1.54) is 6.08 Å². The minimum absolute atomic E-state index is 0.00612. The third-order valence-electron chi connectivity index (χ3n) is 4.66. The SMILES string of the molecule is COc1cccc(OCCOc2ccc(/C=C(/C#N)C(=O)Nc3nnc(S(=O)(=O)CC(C)C)s3)cc2)c1. The predicted octanol–water partition coefficient (Wildman–Crippen LogP) is 3.98. The highest BCUT2D eigenvalue weighted by Gasteiger charge is 2.22. The molecule has 0 saturated carbocycles. The van der Waals surface area contributed by atoms with Gasteiger partial charge in [-0.1, -0.05) is 43.4 Å². The van der Waals surface area contributed by atoms with Crippen molar-refractivity contribution in [2.24, 2.45) is 5.92 Å². The molecule has 12 heteroatoms. The number of amides is 1. The largest absolute Gasteiger partial charge is 0.497 e. The minimum atomic E-state index is -3.59. The monoisotopic (exact) mass is 542 g/mol. The van der Waals surface area contributed by atoms with Crippen molar-refractivity contribution in [1.82, 2.24) is 10.2 Å². The second-order valence-corrected chi connectivity index (χ2v) is 11.3. The molecule has 0 unspecified atom stereocenters. The van der Waals surface area contributed by atoms with Crippen molar-refractivity contribution in [2.75, 3.05) is 31.4 Å². The van der Waals surface area contributed by atoms with Gasteiger partial charge < -0.3 is 14.2 Å². The van der Waals surface area contributed by atoms with Gasteiger partial charge in [0.25, 0.3) is 5.91 Å². The Hall–Kier alpha value is -3.95. The molecule has 0 aliphatic heterocycles. The average molecular weight is 543 g/mol. The van der Waals surface area contributed by atoms with Crippen LogP contribution in [0.25, 0.3) is 6.08 Å². The minimum Gasteiger partial charge on any atom is -0.497 e. The van der Waals surface area contributed by atoms with Crippen LogP contribution in [0.5, 0.6) is 17.2 Å². The van der Waals surface area contributed by atoms with Crippen LogP contribution in [0.4, 0.5) is 5.13 Å². The number of nitrogens with one attached hydrogen (secondary N) is 1. The molecule has 0 aliphatic carbocycles. The van der Waals surface area contributed by atoms with Crippen molar-refractivity contribution in [3.8, 4) is 23.3 Å². The van der Waals surface area contributed by atoms with Gasteiger partial charge in [-0.3, -0.25) is 10.1 Å². The van der Waals surface area contributed by atoms with E-state index in [0.717, 1.165) is 11.3 Å². The Morgan fingerprint density at radius 1 is 1.08 bits per heavy atom. The molecule has 0 aliphatic rings. The summed E-state index contributed by atoms with van der Waals surface area (Å²) in [7, 11) is -2.00. The van der Waals surface area contributed by atoms with Crippen LogP contribution in [0.2, 0.25) is 0 Å². The Bertz CT molecular complexity index is 1390. The van der Waals surface area contributed by atoms with Crippen LogP contribution in [-0.2, 0) is 14.6 Å². The van der Waals surface area contributed by atoms with Gasteiger partial charge >= 0.3 is 0 Å². The molecule has 1 heterocycles. The first-order chi connectivity index (χ1) is 17.7. The quantitative estimate of drug-likeness (QED) is 0.156. The highest BCUT2D eigenvalue weighted by molar-refractivity contribution is 7.93. The van der Waals surface area contributed by atoms with E-state index in [9.17, 15) is 18.5 Å². The predicted molar refractivity (Wildman–Crippen MR) is 139 cm³/mol. The lowest BCUT2D eigenvalue weighted by Gasteiger charge is -2.09. The number of carbonyl (C=O) groups is 1. The van der Waals surface area contributed by atoms with Crippen molar-refractivity contribution in [3.63, 3.8) is 0 Å². The topological polar surface area (TPSA) is 140 Å². The van der Waals surface area contributed by atoms with E-state index in [0.29, 0.717) is 36.0 Å².